The van der Waals surface area contributed by atoms with E-state index >= 15 is 0 Å². The summed E-state index contributed by atoms with van der Waals surface area (Å²) in [4.78, 5) is 17.3. The molecule has 0 aliphatic carbocycles. The molecule has 1 aliphatic heterocycles. The van der Waals surface area contributed by atoms with Gasteiger partial charge in [-0.25, -0.2) is 4.98 Å². The van der Waals surface area contributed by atoms with Crippen LogP contribution in [0.2, 0.25) is 0 Å². The first-order chi connectivity index (χ1) is 7.60. The fourth-order valence-corrected chi connectivity index (χ4v) is 2.61. The predicted octanol–water partition coefficient (Wildman–Crippen LogP) is 1.07. The highest BCUT2D eigenvalue weighted by molar-refractivity contribution is 7.11. The zero-order valence-corrected chi connectivity index (χ0v) is 10.5. The molecule has 0 radical (unpaired) electrons. The Morgan fingerprint density at radius 1 is 1.75 bits per heavy atom. The van der Waals surface area contributed by atoms with Crippen LogP contribution in [0, 0.1) is 12.3 Å². The Balaban J connectivity index is 1.88. The number of nitrogens with zero attached hydrogens (tertiary/aromatic N) is 1. The van der Waals surface area contributed by atoms with E-state index in [1.165, 1.54) is 0 Å². The highest BCUT2D eigenvalue weighted by Crippen LogP contribution is 2.24. The third-order valence-electron chi connectivity index (χ3n) is 3.01. The largest absolute Gasteiger partial charge is 0.351 e. The zero-order valence-electron chi connectivity index (χ0n) is 9.67. The molecule has 0 saturated carbocycles. The average molecular weight is 239 g/mol. The van der Waals surface area contributed by atoms with Gasteiger partial charge < -0.3 is 10.6 Å². The Morgan fingerprint density at radius 3 is 3.12 bits per heavy atom. The van der Waals surface area contributed by atoms with Crippen LogP contribution < -0.4 is 10.6 Å². The topological polar surface area (TPSA) is 54.0 Å². The first-order valence-corrected chi connectivity index (χ1v) is 6.32. The van der Waals surface area contributed by atoms with Gasteiger partial charge in [0, 0.05) is 17.6 Å². The minimum absolute atomic E-state index is 0.142. The fourth-order valence-electron chi connectivity index (χ4n) is 1.88. The van der Waals surface area contributed by atoms with Gasteiger partial charge in [0.15, 0.2) is 0 Å². The summed E-state index contributed by atoms with van der Waals surface area (Å²) >= 11 is 1.63. The number of nitrogens with one attached hydrogen (secondary N) is 2. The number of aromatic nitrogens is 1. The van der Waals surface area contributed by atoms with E-state index in [1.807, 2.05) is 20.0 Å². The van der Waals surface area contributed by atoms with Crippen LogP contribution in [-0.2, 0) is 11.3 Å². The maximum atomic E-state index is 12.0. The molecule has 1 amide bonds. The summed E-state index contributed by atoms with van der Waals surface area (Å²) in [6.07, 6.45) is 2.75. The van der Waals surface area contributed by atoms with Gasteiger partial charge in [-0.3, -0.25) is 4.79 Å². The Bertz CT molecular complexity index is 382. The van der Waals surface area contributed by atoms with Gasteiger partial charge in [0.1, 0.15) is 0 Å². The van der Waals surface area contributed by atoms with E-state index in [0.29, 0.717) is 6.54 Å². The number of rotatable bonds is 3. The van der Waals surface area contributed by atoms with Crippen LogP contribution >= 0.6 is 11.3 Å². The van der Waals surface area contributed by atoms with Gasteiger partial charge in [-0.05, 0) is 26.8 Å². The Kier molecular flexibility index (Phi) is 3.25. The van der Waals surface area contributed by atoms with Crippen molar-refractivity contribution in [2.45, 2.75) is 26.8 Å². The van der Waals surface area contributed by atoms with Gasteiger partial charge in [0.25, 0.3) is 0 Å². The highest BCUT2D eigenvalue weighted by Gasteiger charge is 2.35. The minimum atomic E-state index is -0.236. The SMILES string of the molecule is Cc1ncc(CNC(=O)C2(C)CCNC2)s1. The molecule has 2 heterocycles. The van der Waals surface area contributed by atoms with Gasteiger partial charge in [-0.15, -0.1) is 11.3 Å². The molecule has 1 fully saturated rings. The summed E-state index contributed by atoms with van der Waals surface area (Å²) in [6, 6.07) is 0. The number of thiazole rings is 1. The van der Waals surface area contributed by atoms with Crippen LogP contribution in [0.25, 0.3) is 0 Å². The summed E-state index contributed by atoms with van der Waals surface area (Å²) in [6.45, 7) is 6.29. The van der Waals surface area contributed by atoms with Crippen molar-refractivity contribution in [2.24, 2.45) is 5.41 Å². The second kappa shape index (κ2) is 4.51. The van der Waals surface area contributed by atoms with Crippen molar-refractivity contribution in [3.8, 4) is 0 Å². The predicted molar refractivity (Wildman–Crippen MR) is 64.3 cm³/mol. The molecule has 2 rings (SSSR count). The van der Waals surface area contributed by atoms with Crippen molar-refractivity contribution in [3.05, 3.63) is 16.1 Å². The molecule has 1 aromatic heterocycles. The molecule has 2 N–H and O–H groups in total. The Hall–Kier alpha value is -0.940. The Labute approximate surface area is 99.5 Å². The van der Waals surface area contributed by atoms with Crippen molar-refractivity contribution in [3.63, 3.8) is 0 Å². The number of hydrogen-bond acceptors (Lipinski definition) is 4. The molecule has 1 atom stereocenters. The van der Waals surface area contributed by atoms with E-state index in [-0.39, 0.29) is 11.3 Å². The summed E-state index contributed by atoms with van der Waals surface area (Å²) in [5, 5.41) is 7.25. The summed E-state index contributed by atoms with van der Waals surface area (Å²) in [5.74, 6) is 0.142. The molecular formula is C11H17N3OS. The maximum absolute atomic E-state index is 12.0. The van der Waals surface area contributed by atoms with Crippen LogP contribution in [0.3, 0.4) is 0 Å². The highest BCUT2D eigenvalue weighted by atomic mass is 32.1. The lowest BCUT2D eigenvalue weighted by Crippen LogP contribution is -2.39. The molecule has 1 unspecified atom stereocenters. The number of carbonyl (C=O) groups is 1. The quantitative estimate of drug-likeness (QED) is 0.829. The molecule has 1 aromatic rings. The van der Waals surface area contributed by atoms with E-state index in [1.54, 1.807) is 11.3 Å². The van der Waals surface area contributed by atoms with Gasteiger partial charge in [-0.2, -0.15) is 0 Å². The first-order valence-electron chi connectivity index (χ1n) is 5.50. The van der Waals surface area contributed by atoms with Crippen molar-refractivity contribution in [2.75, 3.05) is 13.1 Å². The minimum Gasteiger partial charge on any atom is -0.351 e. The lowest BCUT2D eigenvalue weighted by Gasteiger charge is -2.21. The van der Waals surface area contributed by atoms with Crippen LogP contribution in [0.15, 0.2) is 6.20 Å². The summed E-state index contributed by atoms with van der Waals surface area (Å²) in [5.41, 5.74) is -0.236. The van der Waals surface area contributed by atoms with Gasteiger partial charge in [0.05, 0.1) is 17.0 Å². The number of hydrogen-bond donors (Lipinski definition) is 2. The number of aryl methyl sites for hydroxylation is 1. The van der Waals surface area contributed by atoms with Crippen LogP contribution in [0.1, 0.15) is 23.2 Å². The lowest BCUT2D eigenvalue weighted by molar-refractivity contribution is -0.129. The lowest BCUT2D eigenvalue weighted by atomic mass is 9.89. The maximum Gasteiger partial charge on any atom is 0.227 e. The van der Waals surface area contributed by atoms with Crippen molar-refractivity contribution < 1.29 is 4.79 Å². The Morgan fingerprint density at radius 2 is 2.56 bits per heavy atom. The fraction of sp³-hybridized carbons (Fsp3) is 0.636. The second-order valence-electron chi connectivity index (χ2n) is 4.52. The van der Waals surface area contributed by atoms with E-state index in [4.69, 9.17) is 0 Å². The monoisotopic (exact) mass is 239 g/mol. The molecule has 88 valence electrons. The van der Waals surface area contributed by atoms with E-state index in [0.717, 1.165) is 29.4 Å². The standard InChI is InChI=1S/C11H17N3OS/c1-8-13-5-9(16-8)6-14-10(15)11(2)3-4-12-7-11/h5,12H,3-4,6-7H2,1-2H3,(H,14,15). The molecule has 16 heavy (non-hydrogen) atoms. The molecule has 1 aliphatic rings. The molecule has 0 aromatic carbocycles. The van der Waals surface area contributed by atoms with Crippen molar-refractivity contribution in [1.29, 1.82) is 0 Å². The normalized spacial score (nSPS) is 24.6. The van der Waals surface area contributed by atoms with Gasteiger partial charge >= 0.3 is 0 Å². The van der Waals surface area contributed by atoms with Crippen LogP contribution in [-0.4, -0.2) is 24.0 Å². The first kappa shape index (κ1) is 11.5. The summed E-state index contributed by atoms with van der Waals surface area (Å²) < 4.78 is 0. The smallest absolute Gasteiger partial charge is 0.227 e. The molecule has 0 bridgehead atoms. The van der Waals surface area contributed by atoms with Crippen LogP contribution in [0.5, 0.6) is 0 Å². The van der Waals surface area contributed by atoms with E-state index in [9.17, 15) is 4.79 Å². The van der Waals surface area contributed by atoms with E-state index < -0.39 is 0 Å². The van der Waals surface area contributed by atoms with Crippen LogP contribution in [0.4, 0.5) is 0 Å². The second-order valence-corrected chi connectivity index (χ2v) is 5.84. The zero-order chi connectivity index (χ0) is 11.6. The molecule has 0 spiro atoms. The van der Waals surface area contributed by atoms with Gasteiger partial charge in [0.2, 0.25) is 5.91 Å². The third kappa shape index (κ3) is 2.41. The molecule has 5 heteroatoms. The van der Waals surface area contributed by atoms with Crippen molar-refractivity contribution in [1.82, 2.24) is 15.6 Å². The van der Waals surface area contributed by atoms with Gasteiger partial charge in [-0.1, -0.05) is 0 Å². The third-order valence-corrected chi connectivity index (χ3v) is 3.92. The van der Waals surface area contributed by atoms with Crippen molar-refractivity contribution >= 4 is 17.2 Å². The molecule has 4 nitrogen and oxygen atoms in total. The van der Waals surface area contributed by atoms with E-state index in [2.05, 4.69) is 15.6 Å². The summed E-state index contributed by atoms with van der Waals surface area (Å²) in [7, 11) is 0. The molecule has 1 saturated heterocycles. The number of carbonyl (C=O) groups excluding carboxylic acids is 1. The average Bonchev–Trinajstić information content (AvgIpc) is 2.85. The molecular weight excluding hydrogens is 222 g/mol. The number of amides is 1.